The molecule has 149 valence electrons. The number of rotatable bonds is 20. The van der Waals surface area contributed by atoms with Gasteiger partial charge in [0.25, 0.3) is 0 Å². The van der Waals surface area contributed by atoms with Gasteiger partial charge in [-0.2, -0.15) is 0 Å². The third-order valence-electron chi connectivity index (χ3n) is 4.62. The number of ether oxygens (including phenoxy) is 2. The first-order valence-corrected chi connectivity index (χ1v) is 10.8. The van der Waals surface area contributed by atoms with E-state index in [4.69, 9.17) is 9.47 Å². The van der Waals surface area contributed by atoms with Gasteiger partial charge in [0.05, 0.1) is 6.61 Å². The molecule has 25 heavy (non-hydrogen) atoms. The maximum Gasteiger partial charge on any atom is 0.305 e. The molecule has 0 spiro atoms. The Balaban J connectivity index is 3.08. The predicted molar refractivity (Wildman–Crippen MR) is 107 cm³/mol. The topological polar surface area (TPSA) is 35.5 Å². The van der Waals surface area contributed by atoms with Crippen molar-refractivity contribution < 1.29 is 14.3 Å². The van der Waals surface area contributed by atoms with E-state index in [0.29, 0.717) is 26.2 Å². The molecule has 0 heterocycles. The van der Waals surface area contributed by atoms with E-state index >= 15 is 0 Å². The molecule has 3 heteroatoms. The van der Waals surface area contributed by atoms with Crippen molar-refractivity contribution in [1.82, 2.24) is 0 Å². The predicted octanol–water partition coefficient (Wildman–Crippen LogP) is 6.64. The Kier molecular flexibility index (Phi) is 21.0. The summed E-state index contributed by atoms with van der Waals surface area (Å²) in [5, 5.41) is 0. The fourth-order valence-corrected chi connectivity index (χ4v) is 3.03. The van der Waals surface area contributed by atoms with Crippen molar-refractivity contribution in [3.05, 3.63) is 6.92 Å². The first-order valence-electron chi connectivity index (χ1n) is 10.8. The summed E-state index contributed by atoms with van der Waals surface area (Å²) in [7, 11) is 0. The first kappa shape index (κ1) is 24.4. The van der Waals surface area contributed by atoms with E-state index in [1.165, 1.54) is 83.5 Å². The van der Waals surface area contributed by atoms with Gasteiger partial charge in [0, 0.05) is 13.0 Å². The van der Waals surface area contributed by atoms with E-state index in [-0.39, 0.29) is 5.97 Å². The van der Waals surface area contributed by atoms with Crippen LogP contribution in [0.2, 0.25) is 0 Å². The van der Waals surface area contributed by atoms with Crippen molar-refractivity contribution >= 4 is 5.97 Å². The quantitative estimate of drug-likeness (QED) is 0.181. The smallest absolute Gasteiger partial charge is 0.305 e. The molecule has 3 nitrogen and oxygen atoms in total. The summed E-state index contributed by atoms with van der Waals surface area (Å²) in [6, 6.07) is 0. The molecule has 0 aliphatic heterocycles. The summed E-state index contributed by atoms with van der Waals surface area (Å²) in [6.45, 7) is 7.07. The molecule has 0 saturated carbocycles. The zero-order valence-corrected chi connectivity index (χ0v) is 16.9. The fraction of sp³-hybridized carbons (Fsp3) is 0.909. The van der Waals surface area contributed by atoms with Gasteiger partial charge in [-0.05, 0) is 13.3 Å². The summed E-state index contributed by atoms with van der Waals surface area (Å²) in [6.07, 6.45) is 20.6. The van der Waals surface area contributed by atoms with Gasteiger partial charge in [0.1, 0.15) is 6.61 Å². The summed E-state index contributed by atoms with van der Waals surface area (Å²) >= 11 is 0. The number of esters is 1. The summed E-state index contributed by atoms with van der Waals surface area (Å²) in [4.78, 5) is 11.4. The van der Waals surface area contributed by atoms with Crippen molar-refractivity contribution in [3.63, 3.8) is 0 Å². The minimum absolute atomic E-state index is 0.0950. The molecule has 0 N–H and O–H groups in total. The number of hydrogen-bond acceptors (Lipinski definition) is 3. The van der Waals surface area contributed by atoms with Crippen LogP contribution in [0.25, 0.3) is 0 Å². The molecule has 0 amide bonds. The zero-order chi connectivity index (χ0) is 18.4. The summed E-state index contributed by atoms with van der Waals surface area (Å²) < 4.78 is 10.1. The fourth-order valence-electron chi connectivity index (χ4n) is 3.03. The molecule has 1 radical (unpaired) electrons. The highest BCUT2D eigenvalue weighted by Gasteiger charge is 2.02. The highest BCUT2D eigenvalue weighted by molar-refractivity contribution is 5.69. The van der Waals surface area contributed by atoms with Gasteiger partial charge in [-0.15, -0.1) is 0 Å². The molecule has 0 rings (SSSR count). The lowest BCUT2D eigenvalue weighted by molar-refractivity contribution is -0.145. The van der Waals surface area contributed by atoms with Crippen LogP contribution in [0.5, 0.6) is 0 Å². The van der Waals surface area contributed by atoms with Gasteiger partial charge in [0.2, 0.25) is 0 Å². The van der Waals surface area contributed by atoms with E-state index < -0.39 is 0 Å². The van der Waals surface area contributed by atoms with Crippen molar-refractivity contribution in [2.75, 3.05) is 19.8 Å². The van der Waals surface area contributed by atoms with E-state index in [1.807, 2.05) is 0 Å². The monoisotopic (exact) mass is 355 g/mol. The van der Waals surface area contributed by atoms with E-state index in [1.54, 1.807) is 0 Å². The number of carbonyl (C=O) groups excluding carboxylic acids is 1. The maximum absolute atomic E-state index is 11.4. The Labute approximate surface area is 157 Å². The van der Waals surface area contributed by atoms with E-state index in [9.17, 15) is 4.79 Å². The molecule has 0 aromatic heterocycles. The highest BCUT2D eigenvalue weighted by atomic mass is 16.6. The van der Waals surface area contributed by atoms with Gasteiger partial charge in [0.15, 0.2) is 0 Å². The van der Waals surface area contributed by atoms with E-state index in [2.05, 4.69) is 13.8 Å². The average molecular weight is 356 g/mol. The second kappa shape index (κ2) is 21.5. The molecule has 0 atom stereocenters. The van der Waals surface area contributed by atoms with Gasteiger partial charge >= 0.3 is 5.97 Å². The molecule has 0 aliphatic carbocycles. The van der Waals surface area contributed by atoms with Crippen LogP contribution in [0.4, 0.5) is 0 Å². The third-order valence-corrected chi connectivity index (χ3v) is 4.62. The van der Waals surface area contributed by atoms with Crippen LogP contribution in [0, 0.1) is 6.92 Å². The van der Waals surface area contributed by atoms with Crippen molar-refractivity contribution in [2.45, 2.75) is 110 Å². The van der Waals surface area contributed by atoms with Crippen LogP contribution >= 0.6 is 0 Å². The molecular formula is C22H43O3. The summed E-state index contributed by atoms with van der Waals surface area (Å²) in [5.41, 5.74) is 0. The Morgan fingerprint density at radius 1 is 0.680 bits per heavy atom. The Hall–Kier alpha value is -0.570. The average Bonchev–Trinajstić information content (AvgIpc) is 2.62. The number of unbranched alkanes of at least 4 members (excludes halogenated alkanes) is 14. The number of carbonyl (C=O) groups is 1. The Morgan fingerprint density at radius 2 is 1.12 bits per heavy atom. The molecule has 0 aromatic carbocycles. The maximum atomic E-state index is 11.4. The lowest BCUT2D eigenvalue weighted by atomic mass is 10.0. The van der Waals surface area contributed by atoms with Crippen molar-refractivity contribution in [2.24, 2.45) is 0 Å². The van der Waals surface area contributed by atoms with E-state index in [0.717, 1.165) is 12.8 Å². The van der Waals surface area contributed by atoms with Crippen molar-refractivity contribution in [1.29, 1.82) is 0 Å². The SMILES string of the molecule is [CH2]COCCOC(=O)CCCCCCCCCCCCCCCCC. The molecule has 0 fully saturated rings. The molecular weight excluding hydrogens is 312 g/mol. The van der Waals surface area contributed by atoms with Crippen LogP contribution in [-0.2, 0) is 14.3 Å². The summed E-state index contributed by atoms with van der Waals surface area (Å²) in [5.74, 6) is -0.0950. The van der Waals surface area contributed by atoms with Crippen LogP contribution in [0.3, 0.4) is 0 Å². The molecule has 0 saturated heterocycles. The van der Waals surface area contributed by atoms with Crippen LogP contribution in [0.1, 0.15) is 110 Å². The molecule has 0 unspecified atom stereocenters. The molecule has 0 aliphatic rings. The molecule has 0 aromatic rings. The highest BCUT2D eigenvalue weighted by Crippen LogP contribution is 2.13. The minimum atomic E-state index is -0.0950. The van der Waals surface area contributed by atoms with Crippen LogP contribution < -0.4 is 0 Å². The second-order valence-corrected chi connectivity index (χ2v) is 7.03. The van der Waals surface area contributed by atoms with Gasteiger partial charge < -0.3 is 9.47 Å². The van der Waals surface area contributed by atoms with Gasteiger partial charge in [-0.25, -0.2) is 0 Å². The largest absolute Gasteiger partial charge is 0.463 e. The standard InChI is InChI=1S/C22H43O3/c1-3-5-6-7-8-9-10-11-12-13-14-15-16-17-18-19-22(23)25-21-20-24-4-2/h2-21H2,1H3. The van der Waals surface area contributed by atoms with Gasteiger partial charge in [-0.3, -0.25) is 4.79 Å². The number of hydrogen-bond donors (Lipinski definition) is 0. The minimum Gasteiger partial charge on any atom is -0.463 e. The van der Waals surface area contributed by atoms with Crippen molar-refractivity contribution in [3.8, 4) is 0 Å². The Morgan fingerprint density at radius 3 is 1.56 bits per heavy atom. The normalized spacial score (nSPS) is 11.0. The lowest BCUT2D eigenvalue weighted by Gasteiger charge is -2.05. The zero-order valence-electron chi connectivity index (χ0n) is 16.9. The first-order chi connectivity index (χ1) is 12.3. The van der Waals surface area contributed by atoms with Gasteiger partial charge in [-0.1, -0.05) is 96.8 Å². The third kappa shape index (κ3) is 21.4. The van der Waals surface area contributed by atoms with Crippen LogP contribution in [-0.4, -0.2) is 25.8 Å². The second-order valence-electron chi connectivity index (χ2n) is 7.03. The Bertz CT molecular complexity index is 266. The van der Waals surface area contributed by atoms with Crippen LogP contribution in [0.15, 0.2) is 0 Å². The lowest BCUT2D eigenvalue weighted by Crippen LogP contribution is -2.10. The molecule has 0 bridgehead atoms.